The van der Waals surface area contributed by atoms with Gasteiger partial charge in [-0.1, -0.05) is 18.2 Å². The number of nitriles is 1. The Morgan fingerprint density at radius 1 is 1.44 bits per heavy atom. The highest BCUT2D eigenvalue weighted by Crippen LogP contribution is 2.48. The van der Waals surface area contributed by atoms with Crippen LogP contribution < -0.4 is 10.5 Å². The lowest BCUT2D eigenvalue weighted by Crippen LogP contribution is -2.19. The molecular weight excluding hydrogens is 224 g/mol. The first kappa shape index (κ1) is 12.9. The van der Waals surface area contributed by atoms with Crippen molar-refractivity contribution in [1.29, 1.82) is 5.26 Å². The summed E-state index contributed by atoms with van der Waals surface area (Å²) in [4.78, 5) is 0. The number of rotatable bonds is 6. The topological polar surface area (TPSA) is 59.0 Å². The van der Waals surface area contributed by atoms with Crippen LogP contribution >= 0.6 is 0 Å². The zero-order valence-electron chi connectivity index (χ0n) is 10.9. The molecule has 1 fully saturated rings. The lowest BCUT2D eigenvalue weighted by atomic mass is 10.0. The Bertz CT molecular complexity index is 444. The monoisotopic (exact) mass is 244 g/mol. The number of benzene rings is 1. The summed E-state index contributed by atoms with van der Waals surface area (Å²) in [7, 11) is 0. The molecule has 0 spiro atoms. The van der Waals surface area contributed by atoms with Crippen LogP contribution in [0.2, 0.25) is 0 Å². The van der Waals surface area contributed by atoms with Gasteiger partial charge in [-0.15, -0.1) is 0 Å². The fourth-order valence-electron chi connectivity index (χ4n) is 2.11. The van der Waals surface area contributed by atoms with Crippen molar-refractivity contribution in [3.63, 3.8) is 0 Å². The largest absolute Gasteiger partial charge is 0.493 e. The van der Waals surface area contributed by atoms with Gasteiger partial charge < -0.3 is 10.5 Å². The molecule has 2 rings (SSSR count). The van der Waals surface area contributed by atoms with Crippen LogP contribution in [0, 0.1) is 16.7 Å². The van der Waals surface area contributed by atoms with Gasteiger partial charge in [0.15, 0.2) is 0 Å². The van der Waals surface area contributed by atoms with E-state index in [1.807, 2.05) is 25.1 Å². The highest BCUT2D eigenvalue weighted by atomic mass is 16.5. The van der Waals surface area contributed by atoms with Gasteiger partial charge in [0, 0.05) is 17.9 Å². The molecule has 3 heteroatoms. The van der Waals surface area contributed by atoms with Gasteiger partial charge in [-0.2, -0.15) is 5.26 Å². The van der Waals surface area contributed by atoms with Crippen molar-refractivity contribution < 1.29 is 4.74 Å². The predicted molar refractivity (Wildman–Crippen MR) is 71.2 cm³/mol. The first-order chi connectivity index (χ1) is 8.65. The van der Waals surface area contributed by atoms with Crippen molar-refractivity contribution in [3.8, 4) is 11.8 Å². The van der Waals surface area contributed by atoms with E-state index in [1.165, 1.54) is 0 Å². The maximum absolute atomic E-state index is 8.79. The number of nitrogens with zero attached hydrogens (tertiary/aromatic N) is 1. The normalized spacial score (nSPS) is 17.8. The third-order valence-corrected chi connectivity index (χ3v) is 3.46. The Hall–Kier alpha value is -1.53. The second-order valence-corrected chi connectivity index (χ2v) is 5.41. The van der Waals surface area contributed by atoms with Crippen LogP contribution in [0.15, 0.2) is 24.3 Å². The van der Waals surface area contributed by atoms with Gasteiger partial charge in [0.1, 0.15) is 5.75 Å². The standard InChI is InChI=1S/C15H20N2O/c1-12(17)10-13-4-2-3-5-14(13)18-11-15(6-7-15)8-9-16/h2-5,12H,6-8,10-11,17H2,1H3. The molecule has 0 bridgehead atoms. The SMILES string of the molecule is CC(N)Cc1ccccc1OCC1(CC#N)CC1. The maximum Gasteiger partial charge on any atom is 0.122 e. The van der Waals surface area contributed by atoms with Crippen LogP contribution in [0.25, 0.3) is 0 Å². The average molecular weight is 244 g/mol. The smallest absolute Gasteiger partial charge is 0.122 e. The van der Waals surface area contributed by atoms with Crippen molar-refractivity contribution in [1.82, 2.24) is 0 Å². The molecule has 1 unspecified atom stereocenters. The molecule has 1 aliphatic carbocycles. The summed E-state index contributed by atoms with van der Waals surface area (Å²) in [5.74, 6) is 0.916. The number of hydrogen-bond donors (Lipinski definition) is 1. The zero-order valence-corrected chi connectivity index (χ0v) is 10.9. The molecule has 18 heavy (non-hydrogen) atoms. The number of hydrogen-bond acceptors (Lipinski definition) is 3. The van der Waals surface area contributed by atoms with Crippen LogP contribution in [-0.4, -0.2) is 12.6 Å². The Balaban J connectivity index is 1.99. The van der Waals surface area contributed by atoms with Gasteiger partial charge in [0.05, 0.1) is 12.7 Å². The molecule has 0 amide bonds. The van der Waals surface area contributed by atoms with Gasteiger partial charge in [-0.25, -0.2) is 0 Å². The molecule has 3 nitrogen and oxygen atoms in total. The Morgan fingerprint density at radius 3 is 2.78 bits per heavy atom. The Kier molecular flexibility index (Phi) is 3.88. The van der Waals surface area contributed by atoms with Crippen LogP contribution in [0.4, 0.5) is 0 Å². The summed E-state index contributed by atoms with van der Waals surface area (Å²) in [6, 6.07) is 10.4. The summed E-state index contributed by atoms with van der Waals surface area (Å²) in [5.41, 5.74) is 7.11. The summed E-state index contributed by atoms with van der Waals surface area (Å²) < 4.78 is 5.91. The lowest BCUT2D eigenvalue weighted by molar-refractivity contribution is 0.234. The van der Waals surface area contributed by atoms with Gasteiger partial charge in [0.25, 0.3) is 0 Å². The molecule has 2 N–H and O–H groups in total. The van der Waals surface area contributed by atoms with E-state index in [0.717, 1.165) is 30.6 Å². The van der Waals surface area contributed by atoms with Crippen LogP contribution in [0.5, 0.6) is 5.75 Å². The fourth-order valence-corrected chi connectivity index (χ4v) is 2.11. The highest BCUT2D eigenvalue weighted by Gasteiger charge is 2.43. The third kappa shape index (κ3) is 3.24. The lowest BCUT2D eigenvalue weighted by Gasteiger charge is -2.16. The van der Waals surface area contributed by atoms with Gasteiger partial charge in [-0.05, 0) is 37.8 Å². The van der Waals surface area contributed by atoms with E-state index >= 15 is 0 Å². The number of nitrogens with two attached hydrogens (primary N) is 1. The summed E-state index contributed by atoms with van der Waals surface area (Å²) in [5, 5.41) is 8.79. The minimum Gasteiger partial charge on any atom is -0.493 e. The second kappa shape index (κ2) is 5.41. The summed E-state index contributed by atoms with van der Waals surface area (Å²) in [6.45, 7) is 2.64. The molecule has 0 aliphatic heterocycles. The van der Waals surface area contributed by atoms with E-state index in [9.17, 15) is 0 Å². The zero-order chi connectivity index (χ0) is 13.0. The van der Waals surface area contributed by atoms with E-state index in [2.05, 4.69) is 12.1 Å². The molecule has 1 saturated carbocycles. The van der Waals surface area contributed by atoms with E-state index in [4.69, 9.17) is 15.7 Å². The summed E-state index contributed by atoms with van der Waals surface area (Å²) in [6.07, 6.45) is 3.63. The first-order valence-electron chi connectivity index (χ1n) is 6.48. The molecule has 96 valence electrons. The fraction of sp³-hybridized carbons (Fsp3) is 0.533. The van der Waals surface area contributed by atoms with Crippen molar-refractivity contribution in [2.45, 2.75) is 38.6 Å². The van der Waals surface area contributed by atoms with Gasteiger partial charge >= 0.3 is 0 Å². The number of ether oxygens (including phenoxy) is 1. The Labute approximate surface area is 109 Å². The molecule has 0 radical (unpaired) electrons. The molecule has 0 saturated heterocycles. The highest BCUT2D eigenvalue weighted by molar-refractivity contribution is 5.34. The van der Waals surface area contributed by atoms with Crippen LogP contribution in [-0.2, 0) is 6.42 Å². The van der Waals surface area contributed by atoms with Gasteiger partial charge in [0.2, 0.25) is 0 Å². The van der Waals surface area contributed by atoms with Crippen molar-refractivity contribution in [2.24, 2.45) is 11.1 Å². The quantitative estimate of drug-likeness (QED) is 0.837. The molecule has 0 aromatic heterocycles. The van der Waals surface area contributed by atoms with Gasteiger partial charge in [-0.3, -0.25) is 0 Å². The van der Waals surface area contributed by atoms with E-state index in [-0.39, 0.29) is 11.5 Å². The van der Waals surface area contributed by atoms with E-state index in [1.54, 1.807) is 0 Å². The molecular formula is C15H20N2O. The van der Waals surface area contributed by atoms with Crippen molar-refractivity contribution in [3.05, 3.63) is 29.8 Å². The third-order valence-electron chi connectivity index (χ3n) is 3.46. The molecule has 1 aromatic rings. The minimum absolute atomic E-state index is 0.121. The Morgan fingerprint density at radius 2 is 2.17 bits per heavy atom. The first-order valence-corrected chi connectivity index (χ1v) is 6.48. The van der Waals surface area contributed by atoms with E-state index in [0.29, 0.717) is 13.0 Å². The van der Waals surface area contributed by atoms with E-state index < -0.39 is 0 Å². The summed E-state index contributed by atoms with van der Waals surface area (Å²) >= 11 is 0. The molecule has 1 aromatic carbocycles. The van der Waals surface area contributed by atoms with Crippen LogP contribution in [0.3, 0.4) is 0 Å². The molecule has 1 atom stereocenters. The van der Waals surface area contributed by atoms with Crippen molar-refractivity contribution >= 4 is 0 Å². The molecule has 1 aliphatic rings. The number of para-hydroxylation sites is 1. The maximum atomic E-state index is 8.79. The second-order valence-electron chi connectivity index (χ2n) is 5.41. The average Bonchev–Trinajstić information content (AvgIpc) is 3.08. The molecule has 0 heterocycles. The predicted octanol–water partition coefficient (Wildman–Crippen LogP) is 2.65. The van der Waals surface area contributed by atoms with Crippen molar-refractivity contribution in [2.75, 3.05) is 6.61 Å². The minimum atomic E-state index is 0.121. The van der Waals surface area contributed by atoms with Crippen LogP contribution in [0.1, 0.15) is 31.7 Å².